The molecule has 1 aromatic carbocycles. The topological polar surface area (TPSA) is 29.5 Å². The maximum Gasteiger partial charge on any atom is 0.118 e. The van der Waals surface area contributed by atoms with Crippen LogP contribution in [0.2, 0.25) is 0 Å². The second-order valence-electron chi connectivity index (χ2n) is 5.86. The number of benzene rings is 1. The molecule has 1 fully saturated rings. The van der Waals surface area contributed by atoms with Gasteiger partial charge in [-0.2, -0.15) is 0 Å². The maximum atomic E-state index is 10.9. The molecule has 0 radical (unpaired) electrons. The van der Waals surface area contributed by atoms with Crippen LogP contribution in [-0.2, 0) is 5.60 Å². The smallest absolute Gasteiger partial charge is 0.118 e. The fourth-order valence-electron chi connectivity index (χ4n) is 3.03. The largest absolute Gasteiger partial charge is 0.497 e. The van der Waals surface area contributed by atoms with Crippen LogP contribution in [0.5, 0.6) is 5.75 Å². The second kappa shape index (κ2) is 5.31. The number of hydrogen-bond donors (Lipinski definition) is 1. The van der Waals surface area contributed by atoms with E-state index in [1.54, 1.807) is 7.11 Å². The highest BCUT2D eigenvalue weighted by atomic mass is 16.5. The Labute approximate surface area is 110 Å². The van der Waals surface area contributed by atoms with Crippen LogP contribution in [-0.4, -0.2) is 12.2 Å². The molecule has 0 aliphatic heterocycles. The van der Waals surface area contributed by atoms with Crippen molar-refractivity contribution in [1.29, 1.82) is 0 Å². The van der Waals surface area contributed by atoms with Gasteiger partial charge in [-0.25, -0.2) is 0 Å². The molecule has 1 aromatic rings. The average Bonchev–Trinajstić information content (AvgIpc) is 2.39. The van der Waals surface area contributed by atoms with E-state index in [9.17, 15) is 5.11 Å². The maximum absolute atomic E-state index is 10.9. The van der Waals surface area contributed by atoms with Crippen LogP contribution in [0, 0.1) is 11.8 Å². The summed E-state index contributed by atoms with van der Waals surface area (Å²) >= 11 is 0. The molecule has 100 valence electrons. The third-order valence-electron chi connectivity index (χ3n) is 4.34. The van der Waals surface area contributed by atoms with E-state index in [1.807, 2.05) is 24.3 Å². The van der Waals surface area contributed by atoms with Gasteiger partial charge in [0, 0.05) is 0 Å². The predicted molar refractivity (Wildman–Crippen MR) is 73.7 cm³/mol. The Hall–Kier alpha value is -1.02. The van der Waals surface area contributed by atoms with Crippen LogP contribution in [0.1, 0.15) is 45.1 Å². The molecule has 18 heavy (non-hydrogen) atoms. The Morgan fingerprint density at radius 1 is 1.28 bits per heavy atom. The van der Waals surface area contributed by atoms with E-state index in [0.29, 0.717) is 11.8 Å². The molecule has 0 amide bonds. The molecule has 1 aliphatic carbocycles. The Balaban J connectivity index is 2.18. The van der Waals surface area contributed by atoms with Crippen LogP contribution in [0.4, 0.5) is 0 Å². The Morgan fingerprint density at radius 3 is 2.50 bits per heavy atom. The lowest BCUT2D eigenvalue weighted by molar-refractivity contribution is -0.0295. The fourth-order valence-corrected chi connectivity index (χ4v) is 3.03. The molecule has 1 saturated carbocycles. The van der Waals surface area contributed by atoms with Gasteiger partial charge in [0.15, 0.2) is 0 Å². The lowest BCUT2D eigenvalue weighted by atomic mass is 9.71. The van der Waals surface area contributed by atoms with E-state index in [2.05, 4.69) is 13.8 Å². The number of ether oxygens (including phenoxy) is 1. The molecule has 0 bridgehead atoms. The number of rotatable bonds is 3. The normalized spacial score (nSPS) is 28.4. The molecule has 2 unspecified atom stereocenters. The molecule has 2 nitrogen and oxygen atoms in total. The summed E-state index contributed by atoms with van der Waals surface area (Å²) < 4.78 is 5.17. The van der Waals surface area contributed by atoms with Gasteiger partial charge in [-0.1, -0.05) is 26.0 Å². The summed E-state index contributed by atoms with van der Waals surface area (Å²) in [5, 5.41) is 10.9. The van der Waals surface area contributed by atoms with Crippen molar-refractivity contribution in [2.75, 3.05) is 7.11 Å². The van der Waals surface area contributed by atoms with Crippen molar-refractivity contribution in [3.05, 3.63) is 29.8 Å². The van der Waals surface area contributed by atoms with E-state index in [1.165, 1.54) is 6.42 Å². The standard InChI is InChI=1S/C16H24O2/c1-12(2)13-5-4-10-16(17,11-13)14-6-8-15(18-3)9-7-14/h6-9,12-13,17H,4-5,10-11H2,1-3H3. The van der Waals surface area contributed by atoms with Crippen molar-refractivity contribution in [2.24, 2.45) is 11.8 Å². The van der Waals surface area contributed by atoms with Crippen molar-refractivity contribution in [2.45, 2.75) is 45.1 Å². The molecule has 1 aliphatic rings. The first kappa shape index (κ1) is 13.4. The van der Waals surface area contributed by atoms with Crippen molar-refractivity contribution in [3.8, 4) is 5.75 Å². The molecule has 2 rings (SSSR count). The minimum atomic E-state index is -0.639. The van der Waals surface area contributed by atoms with Gasteiger partial charge in [0.25, 0.3) is 0 Å². The van der Waals surface area contributed by atoms with E-state index >= 15 is 0 Å². The van der Waals surface area contributed by atoms with Gasteiger partial charge in [-0.15, -0.1) is 0 Å². The third-order valence-corrected chi connectivity index (χ3v) is 4.34. The first-order valence-electron chi connectivity index (χ1n) is 6.92. The van der Waals surface area contributed by atoms with Gasteiger partial charge in [0.05, 0.1) is 12.7 Å². The number of aliphatic hydroxyl groups is 1. The summed E-state index contributed by atoms with van der Waals surface area (Å²) in [6.45, 7) is 4.51. The summed E-state index contributed by atoms with van der Waals surface area (Å²) in [5.74, 6) is 2.12. The van der Waals surface area contributed by atoms with Crippen molar-refractivity contribution in [3.63, 3.8) is 0 Å². The van der Waals surface area contributed by atoms with Gasteiger partial charge >= 0.3 is 0 Å². The predicted octanol–water partition coefficient (Wildman–Crippen LogP) is 3.73. The van der Waals surface area contributed by atoms with E-state index in [-0.39, 0.29) is 0 Å². The SMILES string of the molecule is COc1ccc(C2(O)CCCC(C(C)C)C2)cc1. The van der Waals surface area contributed by atoms with Crippen molar-refractivity contribution in [1.82, 2.24) is 0 Å². The van der Waals surface area contributed by atoms with Crippen LogP contribution in [0.25, 0.3) is 0 Å². The van der Waals surface area contributed by atoms with E-state index in [4.69, 9.17) is 4.74 Å². The van der Waals surface area contributed by atoms with Crippen LogP contribution in [0.15, 0.2) is 24.3 Å². The molecule has 1 N–H and O–H groups in total. The van der Waals surface area contributed by atoms with Gasteiger partial charge in [-0.05, 0) is 55.2 Å². The molecule has 0 aromatic heterocycles. The van der Waals surface area contributed by atoms with Gasteiger partial charge in [0.1, 0.15) is 5.75 Å². The number of methoxy groups -OCH3 is 1. The minimum Gasteiger partial charge on any atom is -0.497 e. The highest BCUT2D eigenvalue weighted by molar-refractivity contribution is 5.31. The summed E-state index contributed by atoms with van der Waals surface area (Å²) in [7, 11) is 1.67. The third kappa shape index (κ3) is 2.69. The zero-order chi connectivity index (χ0) is 13.2. The average molecular weight is 248 g/mol. The summed E-state index contributed by atoms with van der Waals surface area (Å²) in [6.07, 6.45) is 4.13. The van der Waals surface area contributed by atoms with E-state index in [0.717, 1.165) is 30.6 Å². The monoisotopic (exact) mass is 248 g/mol. The Bertz CT molecular complexity index is 383. The zero-order valence-corrected chi connectivity index (χ0v) is 11.6. The lowest BCUT2D eigenvalue weighted by Gasteiger charge is -2.39. The van der Waals surface area contributed by atoms with Crippen molar-refractivity contribution < 1.29 is 9.84 Å². The molecule has 2 heteroatoms. The summed E-state index contributed by atoms with van der Waals surface area (Å²) in [6, 6.07) is 7.88. The first-order chi connectivity index (χ1) is 8.55. The van der Waals surface area contributed by atoms with Crippen LogP contribution >= 0.6 is 0 Å². The molecule has 0 heterocycles. The highest BCUT2D eigenvalue weighted by Gasteiger charge is 2.36. The van der Waals surface area contributed by atoms with Crippen LogP contribution < -0.4 is 4.74 Å². The first-order valence-corrected chi connectivity index (χ1v) is 6.92. The van der Waals surface area contributed by atoms with E-state index < -0.39 is 5.60 Å². The van der Waals surface area contributed by atoms with Gasteiger partial charge in [0.2, 0.25) is 0 Å². The molecule has 0 spiro atoms. The second-order valence-corrected chi connectivity index (χ2v) is 5.86. The Morgan fingerprint density at radius 2 is 1.94 bits per heavy atom. The fraction of sp³-hybridized carbons (Fsp3) is 0.625. The highest BCUT2D eigenvalue weighted by Crippen LogP contribution is 2.42. The molecular weight excluding hydrogens is 224 g/mol. The zero-order valence-electron chi connectivity index (χ0n) is 11.6. The van der Waals surface area contributed by atoms with Crippen molar-refractivity contribution >= 4 is 0 Å². The van der Waals surface area contributed by atoms with Gasteiger partial charge < -0.3 is 9.84 Å². The molecule has 0 saturated heterocycles. The Kier molecular flexibility index (Phi) is 3.96. The molecular formula is C16H24O2. The lowest BCUT2D eigenvalue weighted by Crippen LogP contribution is -2.34. The quantitative estimate of drug-likeness (QED) is 0.883. The minimum absolute atomic E-state index is 0.630. The molecule has 2 atom stereocenters. The van der Waals surface area contributed by atoms with Gasteiger partial charge in [-0.3, -0.25) is 0 Å². The summed E-state index contributed by atoms with van der Waals surface area (Å²) in [5.41, 5.74) is 0.396. The summed E-state index contributed by atoms with van der Waals surface area (Å²) in [4.78, 5) is 0. The van der Waals surface area contributed by atoms with Crippen LogP contribution in [0.3, 0.4) is 0 Å². The number of hydrogen-bond acceptors (Lipinski definition) is 2.